The molecule has 1 N–H and O–H groups in total. The monoisotopic (exact) mass is 386 g/mol. The third kappa shape index (κ3) is 5.03. The Morgan fingerprint density at radius 3 is 2.32 bits per heavy atom. The molecule has 7 heteroatoms. The molecule has 0 bridgehead atoms. The lowest BCUT2D eigenvalue weighted by atomic mass is 10.1. The molecule has 0 radical (unpaired) electrons. The number of anilines is 1. The molecule has 1 aromatic rings. The highest BCUT2D eigenvalue weighted by Crippen LogP contribution is 2.31. The Hall–Kier alpha value is -2.57. The van der Waals surface area contributed by atoms with E-state index in [2.05, 4.69) is 5.32 Å². The van der Waals surface area contributed by atoms with Gasteiger partial charge in [0.05, 0.1) is 6.54 Å². The molecule has 1 aromatic carbocycles. The largest absolute Gasteiger partial charge is 0.376 e. The van der Waals surface area contributed by atoms with Crippen molar-refractivity contribution in [3.8, 4) is 0 Å². The maximum Gasteiger partial charge on any atom is 0.241 e. The van der Waals surface area contributed by atoms with Crippen molar-refractivity contribution in [2.75, 3.05) is 44.6 Å². The van der Waals surface area contributed by atoms with Crippen molar-refractivity contribution in [2.24, 2.45) is 5.92 Å². The minimum absolute atomic E-state index is 0.0343. The van der Waals surface area contributed by atoms with Crippen LogP contribution in [-0.2, 0) is 20.9 Å². The summed E-state index contributed by atoms with van der Waals surface area (Å²) in [7, 11) is 0. The third-order valence-electron chi connectivity index (χ3n) is 5.51. The summed E-state index contributed by atoms with van der Waals surface area (Å²) in [4.78, 5) is 41.9. The number of hydrogen-bond acceptors (Lipinski definition) is 4. The van der Waals surface area contributed by atoms with Gasteiger partial charge in [-0.25, -0.2) is 0 Å². The number of nitrogens with zero attached hydrogens (tertiary/aromatic N) is 3. The molecule has 0 aromatic heterocycles. The molecule has 2 aliphatic rings. The SMILES string of the molecule is CCN(Cc1ccccc1NCC(=O)N1CCN(C(=O)C2CC2)CC1)C(C)=O. The van der Waals surface area contributed by atoms with E-state index in [-0.39, 0.29) is 30.2 Å². The molecule has 28 heavy (non-hydrogen) atoms. The highest BCUT2D eigenvalue weighted by atomic mass is 16.2. The van der Waals surface area contributed by atoms with Crippen LogP contribution in [0.3, 0.4) is 0 Å². The van der Waals surface area contributed by atoms with Gasteiger partial charge in [-0.2, -0.15) is 0 Å². The molecule has 1 saturated heterocycles. The second-order valence-electron chi connectivity index (χ2n) is 7.52. The minimum Gasteiger partial charge on any atom is -0.376 e. The molecule has 0 atom stereocenters. The Labute approximate surface area is 166 Å². The van der Waals surface area contributed by atoms with Gasteiger partial charge >= 0.3 is 0 Å². The quantitative estimate of drug-likeness (QED) is 0.772. The average molecular weight is 386 g/mol. The topological polar surface area (TPSA) is 73.0 Å². The van der Waals surface area contributed by atoms with Gasteiger partial charge in [-0.3, -0.25) is 14.4 Å². The van der Waals surface area contributed by atoms with Crippen molar-refractivity contribution in [1.82, 2.24) is 14.7 Å². The number of rotatable bonds is 7. The standard InChI is InChI=1S/C21H30N4O3/c1-3-23(16(2)26)15-18-6-4-5-7-19(18)22-14-20(27)24-10-12-25(13-11-24)21(28)17-8-9-17/h4-7,17,22H,3,8-15H2,1-2H3. The summed E-state index contributed by atoms with van der Waals surface area (Å²) < 4.78 is 0. The number of carbonyl (C=O) groups excluding carboxylic acids is 3. The van der Waals surface area contributed by atoms with E-state index in [9.17, 15) is 14.4 Å². The Morgan fingerprint density at radius 2 is 1.71 bits per heavy atom. The Morgan fingerprint density at radius 1 is 1.07 bits per heavy atom. The van der Waals surface area contributed by atoms with Crippen LogP contribution in [0.25, 0.3) is 0 Å². The van der Waals surface area contributed by atoms with E-state index < -0.39 is 0 Å². The molecule has 1 saturated carbocycles. The van der Waals surface area contributed by atoms with Crippen molar-refractivity contribution >= 4 is 23.4 Å². The maximum absolute atomic E-state index is 12.6. The second kappa shape index (κ2) is 9.08. The molecular formula is C21H30N4O3. The van der Waals surface area contributed by atoms with E-state index >= 15 is 0 Å². The first kappa shape index (κ1) is 20.2. The zero-order valence-corrected chi connectivity index (χ0v) is 16.8. The van der Waals surface area contributed by atoms with E-state index in [1.165, 1.54) is 0 Å². The summed E-state index contributed by atoms with van der Waals surface area (Å²) in [5.74, 6) is 0.558. The predicted molar refractivity (Wildman–Crippen MR) is 108 cm³/mol. The molecule has 0 spiro atoms. The van der Waals surface area contributed by atoms with E-state index in [1.807, 2.05) is 41.0 Å². The van der Waals surface area contributed by atoms with Gasteiger partial charge < -0.3 is 20.0 Å². The van der Waals surface area contributed by atoms with Crippen molar-refractivity contribution in [3.05, 3.63) is 29.8 Å². The van der Waals surface area contributed by atoms with Crippen LogP contribution in [0.4, 0.5) is 5.69 Å². The molecule has 3 amide bonds. The van der Waals surface area contributed by atoms with Crippen LogP contribution in [0.2, 0.25) is 0 Å². The smallest absolute Gasteiger partial charge is 0.241 e. The summed E-state index contributed by atoms with van der Waals surface area (Å²) in [6.07, 6.45) is 2.03. The van der Waals surface area contributed by atoms with Gasteiger partial charge in [-0.1, -0.05) is 18.2 Å². The molecule has 1 aliphatic heterocycles. The first-order valence-corrected chi connectivity index (χ1v) is 10.1. The van der Waals surface area contributed by atoms with Crippen LogP contribution in [-0.4, -0.2) is 71.7 Å². The zero-order valence-electron chi connectivity index (χ0n) is 16.8. The number of piperazine rings is 1. The maximum atomic E-state index is 12.6. The van der Waals surface area contributed by atoms with E-state index in [0.29, 0.717) is 39.3 Å². The highest BCUT2D eigenvalue weighted by Gasteiger charge is 2.35. The molecule has 0 unspecified atom stereocenters. The first-order chi connectivity index (χ1) is 13.5. The first-order valence-electron chi connectivity index (χ1n) is 10.1. The molecule has 1 heterocycles. The number of carbonyl (C=O) groups is 3. The van der Waals surface area contributed by atoms with Gasteiger partial charge in [-0.05, 0) is 31.4 Å². The van der Waals surface area contributed by atoms with Crippen LogP contribution < -0.4 is 5.32 Å². The van der Waals surface area contributed by atoms with Crippen molar-refractivity contribution in [1.29, 1.82) is 0 Å². The van der Waals surface area contributed by atoms with Crippen molar-refractivity contribution in [3.63, 3.8) is 0 Å². The fourth-order valence-corrected chi connectivity index (χ4v) is 3.53. The summed E-state index contributed by atoms with van der Waals surface area (Å²) in [6, 6.07) is 7.76. The van der Waals surface area contributed by atoms with Crippen LogP contribution in [0.5, 0.6) is 0 Å². The lowest BCUT2D eigenvalue weighted by molar-refractivity contribution is -0.139. The summed E-state index contributed by atoms with van der Waals surface area (Å²) in [6.45, 7) is 7.33. The number of para-hydroxylation sites is 1. The van der Waals surface area contributed by atoms with E-state index in [1.54, 1.807) is 11.8 Å². The molecule has 1 aliphatic carbocycles. The zero-order chi connectivity index (χ0) is 20.1. The number of benzene rings is 1. The van der Waals surface area contributed by atoms with Gasteiger partial charge in [0.15, 0.2) is 0 Å². The molecule has 3 rings (SSSR count). The molecule has 152 valence electrons. The summed E-state index contributed by atoms with van der Waals surface area (Å²) in [5, 5.41) is 3.23. The normalized spacial score (nSPS) is 16.6. The van der Waals surface area contributed by atoms with E-state index in [0.717, 1.165) is 24.1 Å². The van der Waals surface area contributed by atoms with Crippen LogP contribution in [0, 0.1) is 5.92 Å². The molecule has 7 nitrogen and oxygen atoms in total. The van der Waals surface area contributed by atoms with E-state index in [4.69, 9.17) is 0 Å². The second-order valence-corrected chi connectivity index (χ2v) is 7.52. The lowest BCUT2D eigenvalue weighted by Gasteiger charge is -2.35. The lowest BCUT2D eigenvalue weighted by Crippen LogP contribution is -2.52. The number of hydrogen-bond donors (Lipinski definition) is 1. The van der Waals surface area contributed by atoms with Crippen LogP contribution >= 0.6 is 0 Å². The fraction of sp³-hybridized carbons (Fsp3) is 0.571. The van der Waals surface area contributed by atoms with Crippen molar-refractivity contribution < 1.29 is 14.4 Å². The average Bonchev–Trinajstić information content (AvgIpc) is 3.55. The Kier molecular flexibility index (Phi) is 6.54. The molecular weight excluding hydrogens is 356 g/mol. The number of nitrogens with one attached hydrogen (secondary N) is 1. The Bertz CT molecular complexity index is 724. The van der Waals surface area contributed by atoms with Gasteiger partial charge in [0.25, 0.3) is 0 Å². The van der Waals surface area contributed by atoms with Crippen LogP contribution in [0.1, 0.15) is 32.3 Å². The summed E-state index contributed by atoms with van der Waals surface area (Å²) >= 11 is 0. The highest BCUT2D eigenvalue weighted by molar-refractivity contribution is 5.83. The van der Waals surface area contributed by atoms with Crippen LogP contribution in [0.15, 0.2) is 24.3 Å². The van der Waals surface area contributed by atoms with Gasteiger partial charge in [0.2, 0.25) is 17.7 Å². The Balaban J connectivity index is 1.51. The predicted octanol–water partition coefficient (Wildman–Crippen LogP) is 1.55. The molecule has 2 fully saturated rings. The van der Waals surface area contributed by atoms with Crippen molar-refractivity contribution in [2.45, 2.75) is 33.2 Å². The van der Waals surface area contributed by atoms with Gasteiger partial charge in [0, 0.05) is 57.8 Å². The van der Waals surface area contributed by atoms with Gasteiger partial charge in [0.1, 0.15) is 0 Å². The summed E-state index contributed by atoms with van der Waals surface area (Å²) in [5.41, 5.74) is 1.87. The minimum atomic E-state index is 0.0343. The number of amides is 3. The third-order valence-corrected chi connectivity index (χ3v) is 5.51. The fourth-order valence-electron chi connectivity index (χ4n) is 3.53. The van der Waals surface area contributed by atoms with Gasteiger partial charge in [-0.15, -0.1) is 0 Å².